The summed E-state index contributed by atoms with van der Waals surface area (Å²) in [6.07, 6.45) is 0. The van der Waals surface area contributed by atoms with Gasteiger partial charge in [-0.15, -0.1) is 0 Å². The number of hydrogen-bond donors (Lipinski definition) is 3. The van der Waals surface area contributed by atoms with Gasteiger partial charge in [-0.1, -0.05) is 42.5 Å². The predicted octanol–water partition coefficient (Wildman–Crippen LogP) is 2.83. The van der Waals surface area contributed by atoms with Crippen molar-refractivity contribution >= 4 is 22.8 Å². The van der Waals surface area contributed by atoms with Crippen molar-refractivity contribution in [3.63, 3.8) is 0 Å². The predicted molar refractivity (Wildman–Crippen MR) is 91.3 cm³/mol. The number of pyridine rings is 1. The first-order valence-corrected chi connectivity index (χ1v) is 7.17. The van der Waals surface area contributed by atoms with Crippen LogP contribution in [0.25, 0.3) is 22.2 Å². The van der Waals surface area contributed by atoms with Crippen LogP contribution in [0.2, 0.25) is 0 Å². The number of carbonyl (C=O) groups is 1. The van der Waals surface area contributed by atoms with Crippen LogP contribution < -0.4 is 11.1 Å². The van der Waals surface area contributed by atoms with Crippen molar-refractivity contribution in [3.05, 3.63) is 65.7 Å². The number of aryl methyl sites for hydroxylation is 1. The summed E-state index contributed by atoms with van der Waals surface area (Å²) in [4.78, 5) is 17.1. The summed E-state index contributed by atoms with van der Waals surface area (Å²) >= 11 is 0. The Labute approximate surface area is 133 Å². The fraction of sp³-hybridized carbons (Fsp3) is 0.0556. The lowest BCUT2D eigenvalue weighted by Crippen LogP contribution is -2.35. The SMILES string of the molecule is Cc1cccc2nc(-c3ccccc3)cc(C(=O)NC(=N)N)c12. The van der Waals surface area contributed by atoms with Crippen LogP contribution in [0, 0.1) is 12.3 Å². The maximum atomic E-state index is 12.4. The van der Waals surface area contributed by atoms with Gasteiger partial charge < -0.3 is 5.73 Å². The third-order valence-electron chi connectivity index (χ3n) is 3.60. The highest BCUT2D eigenvalue weighted by Gasteiger charge is 2.15. The Kier molecular flexibility index (Phi) is 3.76. The van der Waals surface area contributed by atoms with Crippen molar-refractivity contribution in [2.45, 2.75) is 6.92 Å². The summed E-state index contributed by atoms with van der Waals surface area (Å²) in [5, 5.41) is 10.4. The van der Waals surface area contributed by atoms with Crippen LogP contribution in [0.5, 0.6) is 0 Å². The molecule has 5 nitrogen and oxygen atoms in total. The van der Waals surface area contributed by atoms with Gasteiger partial charge in [0.25, 0.3) is 5.91 Å². The van der Waals surface area contributed by atoms with E-state index in [-0.39, 0.29) is 5.96 Å². The van der Waals surface area contributed by atoms with Gasteiger partial charge in [0.05, 0.1) is 16.8 Å². The quantitative estimate of drug-likeness (QED) is 0.502. The van der Waals surface area contributed by atoms with Crippen molar-refractivity contribution in [1.82, 2.24) is 10.3 Å². The van der Waals surface area contributed by atoms with Crippen molar-refractivity contribution in [2.24, 2.45) is 5.73 Å². The number of benzene rings is 2. The summed E-state index contributed by atoms with van der Waals surface area (Å²) in [7, 11) is 0. The van der Waals surface area contributed by atoms with E-state index in [1.54, 1.807) is 6.07 Å². The van der Waals surface area contributed by atoms with Gasteiger partial charge in [-0.2, -0.15) is 0 Å². The van der Waals surface area contributed by atoms with E-state index >= 15 is 0 Å². The molecule has 3 rings (SSSR count). The fourth-order valence-electron chi connectivity index (χ4n) is 2.59. The van der Waals surface area contributed by atoms with Crippen LogP contribution in [0.15, 0.2) is 54.6 Å². The minimum atomic E-state index is -0.406. The largest absolute Gasteiger partial charge is 0.370 e. The Bertz CT molecular complexity index is 904. The normalized spacial score (nSPS) is 10.5. The zero-order valence-corrected chi connectivity index (χ0v) is 12.6. The molecule has 0 bridgehead atoms. The van der Waals surface area contributed by atoms with Crippen LogP contribution in [0.3, 0.4) is 0 Å². The topological polar surface area (TPSA) is 91.9 Å². The minimum Gasteiger partial charge on any atom is -0.370 e. The van der Waals surface area contributed by atoms with E-state index in [0.717, 1.165) is 22.0 Å². The molecule has 0 aliphatic heterocycles. The molecular weight excluding hydrogens is 288 g/mol. The van der Waals surface area contributed by atoms with E-state index in [1.807, 2.05) is 55.5 Å². The van der Waals surface area contributed by atoms with Crippen LogP contribution >= 0.6 is 0 Å². The lowest BCUT2D eigenvalue weighted by atomic mass is 10.00. The van der Waals surface area contributed by atoms with Crippen LogP contribution in [-0.4, -0.2) is 16.9 Å². The summed E-state index contributed by atoms with van der Waals surface area (Å²) in [5.41, 5.74) is 9.07. The summed E-state index contributed by atoms with van der Waals surface area (Å²) in [6, 6.07) is 17.1. The van der Waals surface area contributed by atoms with Gasteiger partial charge >= 0.3 is 0 Å². The highest BCUT2D eigenvalue weighted by atomic mass is 16.1. The summed E-state index contributed by atoms with van der Waals surface area (Å²) < 4.78 is 0. The molecule has 1 amide bonds. The Morgan fingerprint density at radius 1 is 1.13 bits per heavy atom. The van der Waals surface area contributed by atoms with Crippen molar-refractivity contribution in [3.8, 4) is 11.3 Å². The molecule has 0 aliphatic rings. The first-order chi connectivity index (χ1) is 11.1. The molecule has 1 aromatic heterocycles. The second kappa shape index (κ2) is 5.88. The molecule has 114 valence electrons. The average molecular weight is 304 g/mol. The fourth-order valence-corrected chi connectivity index (χ4v) is 2.59. The van der Waals surface area contributed by atoms with Crippen molar-refractivity contribution < 1.29 is 4.79 Å². The molecule has 2 aromatic carbocycles. The molecule has 0 atom stereocenters. The lowest BCUT2D eigenvalue weighted by Gasteiger charge is -2.11. The maximum absolute atomic E-state index is 12.4. The third-order valence-corrected chi connectivity index (χ3v) is 3.60. The number of aromatic nitrogens is 1. The molecule has 5 heteroatoms. The van der Waals surface area contributed by atoms with E-state index in [4.69, 9.17) is 11.1 Å². The number of nitrogens with two attached hydrogens (primary N) is 1. The van der Waals surface area contributed by atoms with E-state index < -0.39 is 5.91 Å². The molecule has 0 saturated carbocycles. The number of rotatable bonds is 2. The molecule has 0 unspecified atom stereocenters. The third kappa shape index (κ3) is 2.89. The van der Waals surface area contributed by atoms with E-state index in [9.17, 15) is 4.79 Å². The van der Waals surface area contributed by atoms with Crippen LogP contribution in [-0.2, 0) is 0 Å². The average Bonchev–Trinajstić information content (AvgIpc) is 2.54. The number of amides is 1. The lowest BCUT2D eigenvalue weighted by molar-refractivity contribution is 0.0978. The zero-order valence-electron chi connectivity index (χ0n) is 12.6. The number of guanidine groups is 1. The van der Waals surface area contributed by atoms with Gasteiger partial charge in [-0.3, -0.25) is 15.5 Å². The minimum absolute atomic E-state index is 0.380. The van der Waals surface area contributed by atoms with Gasteiger partial charge in [0, 0.05) is 10.9 Å². The number of fused-ring (bicyclic) bond motifs is 1. The number of nitrogens with zero attached hydrogens (tertiary/aromatic N) is 1. The summed E-state index contributed by atoms with van der Waals surface area (Å²) in [6.45, 7) is 1.93. The second-order valence-electron chi connectivity index (χ2n) is 5.26. The van der Waals surface area contributed by atoms with Gasteiger partial charge in [0.15, 0.2) is 5.96 Å². The summed E-state index contributed by atoms with van der Waals surface area (Å²) in [5.74, 6) is -0.786. The van der Waals surface area contributed by atoms with Crippen LogP contribution in [0.1, 0.15) is 15.9 Å². The van der Waals surface area contributed by atoms with Gasteiger partial charge in [0.1, 0.15) is 0 Å². The molecule has 0 fully saturated rings. The van der Waals surface area contributed by atoms with Crippen molar-refractivity contribution in [2.75, 3.05) is 0 Å². The Hall–Kier alpha value is -3.21. The zero-order chi connectivity index (χ0) is 16.4. The van der Waals surface area contributed by atoms with Gasteiger partial charge in [0.2, 0.25) is 0 Å². The van der Waals surface area contributed by atoms with E-state index in [0.29, 0.717) is 11.3 Å². The maximum Gasteiger partial charge on any atom is 0.258 e. The standard InChI is InChI=1S/C18H16N4O/c1-11-6-5-9-14-16(11)13(17(23)22-18(19)20)10-15(21-14)12-7-3-2-4-8-12/h2-10H,1H3,(H4,19,20,22,23). The second-order valence-corrected chi connectivity index (χ2v) is 5.26. The monoisotopic (exact) mass is 304 g/mol. The van der Waals surface area contributed by atoms with Crippen molar-refractivity contribution in [1.29, 1.82) is 5.41 Å². The molecule has 23 heavy (non-hydrogen) atoms. The number of carbonyl (C=O) groups excluding carboxylic acids is 1. The highest BCUT2D eigenvalue weighted by Crippen LogP contribution is 2.27. The van der Waals surface area contributed by atoms with E-state index in [1.165, 1.54) is 0 Å². The molecule has 0 spiro atoms. The Morgan fingerprint density at radius 2 is 1.87 bits per heavy atom. The smallest absolute Gasteiger partial charge is 0.258 e. The molecule has 1 heterocycles. The van der Waals surface area contributed by atoms with Gasteiger partial charge in [-0.25, -0.2) is 4.98 Å². The first kappa shape index (κ1) is 14.7. The highest BCUT2D eigenvalue weighted by molar-refractivity contribution is 6.13. The van der Waals surface area contributed by atoms with Gasteiger partial charge in [-0.05, 0) is 24.6 Å². The Balaban J connectivity index is 2.26. The molecular formula is C18H16N4O. The molecule has 0 aliphatic carbocycles. The Morgan fingerprint density at radius 3 is 2.57 bits per heavy atom. The first-order valence-electron chi connectivity index (χ1n) is 7.17. The molecule has 0 saturated heterocycles. The molecule has 3 aromatic rings. The number of nitrogens with one attached hydrogen (secondary N) is 2. The molecule has 4 N–H and O–H groups in total. The number of hydrogen-bond acceptors (Lipinski definition) is 3. The van der Waals surface area contributed by atoms with E-state index in [2.05, 4.69) is 10.3 Å². The van der Waals surface area contributed by atoms with Crippen LogP contribution in [0.4, 0.5) is 0 Å². The molecule has 0 radical (unpaired) electrons.